The number of hydrogen-bond acceptors (Lipinski definition) is 6. The van der Waals surface area contributed by atoms with Gasteiger partial charge in [-0.1, -0.05) is 12.1 Å². The highest BCUT2D eigenvalue weighted by molar-refractivity contribution is 6.05. The van der Waals surface area contributed by atoms with E-state index in [1.165, 1.54) is 42.9 Å². The van der Waals surface area contributed by atoms with Crippen molar-refractivity contribution in [2.24, 2.45) is 0 Å². The van der Waals surface area contributed by atoms with Gasteiger partial charge >= 0.3 is 6.18 Å². The maximum Gasteiger partial charge on any atom is 0.433 e. The van der Waals surface area contributed by atoms with Crippen LogP contribution in [0.2, 0.25) is 0 Å². The molecule has 9 nitrogen and oxygen atoms in total. The molecule has 0 radical (unpaired) electrons. The number of nitrogens with one attached hydrogen (secondary N) is 2. The van der Waals surface area contributed by atoms with Crippen molar-refractivity contribution in [2.45, 2.75) is 12.7 Å². The molecule has 4 heterocycles. The Hall–Kier alpha value is -5.39. The molecular formula is C28H20F3N7O2. The number of nitrogens with zero attached hydrogens (tertiary/aromatic N) is 5. The summed E-state index contributed by atoms with van der Waals surface area (Å²) in [5.74, 6) is -0.825. The van der Waals surface area contributed by atoms with E-state index in [4.69, 9.17) is 0 Å². The molecule has 2 amide bonds. The van der Waals surface area contributed by atoms with Crippen molar-refractivity contribution in [3.63, 3.8) is 0 Å². The van der Waals surface area contributed by atoms with Gasteiger partial charge in [0.1, 0.15) is 11.5 Å². The fourth-order valence-electron chi connectivity index (χ4n) is 3.79. The third kappa shape index (κ3) is 6.01. The second-order valence-corrected chi connectivity index (χ2v) is 8.51. The minimum atomic E-state index is -4.67. The molecule has 0 spiro atoms. The average Bonchev–Trinajstić information content (AvgIpc) is 3.44. The van der Waals surface area contributed by atoms with Gasteiger partial charge in [0.2, 0.25) is 0 Å². The Morgan fingerprint density at radius 2 is 1.65 bits per heavy atom. The van der Waals surface area contributed by atoms with Crippen LogP contribution in [0.4, 0.5) is 19.0 Å². The Bertz CT molecular complexity index is 1640. The number of alkyl halides is 3. The molecule has 0 bridgehead atoms. The van der Waals surface area contributed by atoms with Gasteiger partial charge in [-0.05, 0) is 60.7 Å². The molecule has 1 aromatic carbocycles. The Labute approximate surface area is 225 Å². The lowest BCUT2D eigenvalue weighted by molar-refractivity contribution is -0.142. The molecule has 5 rings (SSSR count). The van der Waals surface area contributed by atoms with Crippen molar-refractivity contribution in [1.29, 1.82) is 0 Å². The van der Waals surface area contributed by atoms with Crippen LogP contribution >= 0.6 is 0 Å². The highest BCUT2D eigenvalue weighted by atomic mass is 19.4. The lowest BCUT2D eigenvalue weighted by atomic mass is 10.1. The van der Waals surface area contributed by atoms with Gasteiger partial charge in [0.25, 0.3) is 11.8 Å². The molecule has 0 atom stereocenters. The highest BCUT2D eigenvalue weighted by Gasteiger charge is 2.36. The van der Waals surface area contributed by atoms with E-state index in [-0.39, 0.29) is 40.8 Å². The molecule has 200 valence electrons. The van der Waals surface area contributed by atoms with E-state index in [1.807, 2.05) is 6.07 Å². The van der Waals surface area contributed by atoms with Gasteiger partial charge < -0.3 is 10.6 Å². The molecule has 0 saturated carbocycles. The van der Waals surface area contributed by atoms with E-state index in [2.05, 4.69) is 30.7 Å². The zero-order valence-corrected chi connectivity index (χ0v) is 20.6. The summed E-state index contributed by atoms with van der Waals surface area (Å²) in [6, 6.07) is 18.3. The summed E-state index contributed by atoms with van der Waals surface area (Å²) in [6.45, 7) is 0.225. The highest BCUT2D eigenvalue weighted by Crippen LogP contribution is 2.34. The predicted octanol–water partition coefficient (Wildman–Crippen LogP) is 4.93. The first-order chi connectivity index (χ1) is 19.3. The minimum absolute atomic E-state index is 0.0482. The largest absolute Gasteiger partial charge is 0.433 e. The summed E-state index contributed by atoms with van der Waals surface area (Å²) in [5, 5.41) is 9.43. The number of aromatic nitrogens is 5. The van der Waals surface area contributed by atoms with Crippen LogP contribution in [0, 0.1) is 0 Å². The van der Waals surface area contributed by atoms with Gasteiger partial charge in [-0.15, -0.1) is 0 Å². The molecule has 5 aromatic rings. The fourth-order valence-corrected chi connectivity index (χ4v) is 3.79. The summed E-state index contributed by atoms with van der Waals surface area (Å²) < 4.78 is 42.0. The van der Waals surface area contributed by atoms with Crippen molar-refractivity contribution >= 4 is 17.6 Å². The number of carbonyl (C=O) groups excluding carboxylic acids is 2. The average molecular weight is 544 g/mol. The number of anilines is 1. The van der Waals surface area contributed by atoms with Crippen molar-refractivity contribution < 1.29 is 22.8 Å². The second-order valence-electron chi connectivity index (χ2n) is 8.51. The zero-order chi connectivity index (χ0) is 28.1. The smallest absolute Gasteiger partial charge is 0.346 e. The lowest BCUT2D eigenvalue weighted by Crippen LogP contribution is -2.23. The molecule has 12 heteroatoms. The Morgan fingerprint density at radius 3 is 2.33 bits per heavy atom. The SMILES string of the molecule is O=C(NCc1ccccn1)c1cccc(C(=O)Nc2ccc(-n3nc(-c4cccnc4)cc3C(F)(F)F)cn2)c1. The van der Waals surface area contributed by atoms with Gasteiger partial charge in [-0.25, -0.2) is 9.67 Å². The van der Waals surface area contributed by atoms with Crippen LogP contribution in [0.25, 0.3) is 16.9 Å². The van der Waals surface area contributed by atoms with Crippen LogP contribution in [0.3, 0.4) is 0 Å². The summed E-state index contributed by atoms with van der Waals surface area (Å²) in [4.78, 5) is 37.5. The second kappa shape index (κ2) is 11.2. The maximum absolute atomic E-state index is 13.7. The van der Waals surface area contributed by atoms with Crippen molar-refractivity contribution in [3.8, 4) is 16.9 Å². The molecule has 4 aromatic heterocycles. The first-order valence-corrected chi connectivity index (χ1v) is 11.9. The van der Waals surface area contributed by atoms with Crippen molar-refractivity contribution in [3.05, 3.63) is 120 Å². The summed E-state index contributed by atoms with van der Waals surface area (Å²) in [6.07, 6.45) is 1.05. The van der Waals surface area contributed by atoms with Gasteiger partial charge in [0, 0.05) is 35.3 Å². The van der Waals surface area contributed by atoms with Crippen LogP contribution < -0.4 is 10.6 Å². The number of halogens is 3. The van der Waals surface area contributed by atoms with Gasteiger partial charge in [0.15, 0.2) is 0 Å². The summed E-state index contributed by atoms with van der Waals surface area (Å²) >= 11 is 0. The maximum atomic E-state index is 13.7. The predicted molar refractivity (Wildman–Crippen MR) is 139 cm³/mol. The van der Waals surface area contributed by atoms with Crippen LogP contribution in [0.1, 0.15) is 32.1 Å². The Morgan fingerprint density at radius 1 is 0.825 bits per heavy atom. The zero-order valence-electron chi connectivity index (χ0n) is 20.6. The normalized spacial score (nSPS) is 11.2. The molecule has 0 unspecified atom stereocenters. The fraction of sp³-hybridized carbons (Fsp3) is 0.0714. The van der Waals surface area contributed by atoms with Crippen molar-refractivity contribution in [1.82, 2.24) is 30.0 Å². The number of carbonyl (C=O) groups is 2. The topological polar surface area (TPSA) is 115 Å². The number of rotatable bonds is 7. The summed E-state index contributed by atoms with van der Waals surface area (Å²) in [7, 11) is 0. The molecular weight excluding hydrogens is 523 g/mol. The van der Waals surface area contributed by atoms with Crippen LogP contribution in [0.15, 0.2) is 97.6 Å². The van der Waals surface area contributed by atoms with E-state index in [9.17, 15) is 22.8 Å². The van der Waals surface area contributed by atoms with Crippen LogP contribution in [-0.4, -0.2) is 36.5 Å². The minimum Gasteiger partial charge on any atom is -0.346 e. The Kier molecular flexibility index (Phi) is 7.31. The van der Waals surface area contributed by atoms with Gasteiger partial charge in [0.05, 0.1) is 29.8 Å². The van der Waals surface area contributed by atoms with E-state index in [0.29, 0.717) is 11.3 Å². The number of pyridine rings is 3. The lowest BCUT2D eigenvalue weighted by Gasteiger charge is -2.11. The monoisotopic (exact) mass is 543 g/mol. The van der Waals surface area contributed by atoms with Crippen LogP contribution in [0.5, 0.6) is 0 Å². The quantitative estimate of drug-likeness (QED) is 0.301. The van der Waals surface area contributed by atoms with E-state index in [1.54, 1.807) is 42.6 Å². The Balaban J connectivity index is 1.30. The first-order valence-electron chi connectivity index (χ1n) is 11.9. The van der Waals surface area contributed by atoms with Gasteiger partial charge in [-0.2, -0.15) is 18.3 Å². The third-order valence-corrected chi connectivity index (χ3v) is 5.73. The molecule has 0 aliphatic rings. The number of hydrogen-bond donors (Lipinski definition) is 2. The summed E-state index contributed by atoms with van der Waals surface area (Å²) in [5.41, 5.74) is 0.747. The molecule has 0 fully saturated rings. The molecule has 0 aliphatic carbocycles. The van der Waals surface area contributed by atoms with E-state index < -0.39 is 17.8 Å². The molecule has 2 N–H and O–H groups in total. The van der Waals surface area contributed by atoms with E-state index >= 15 is 0 Å². The molecule has 40 heavy (non-hydrogen) atoms. The first kappa shape index (κ1) is 26.2. The number of benzene rings is 1. The standard InChI is InChI=1S/C28H20F3N7O2/c29-28(30,31)24-14-23(20-7-4-11-32-15-20)37-38(24)22-9-10-25(34-17-22)36-27(40)19-6-3-5-18(13-19)26(39)35-16-21-8-1-2-12-33-21/h1-15,17H,16H2,(H,35,39)(H,34,36,40). The van der Waals surface area contributed by atoms with E-state index in [0.717, 1.165) is 10.7 Å². The van der Waals surface area contributed by atoms with Gasteiger partial charge in [-0.3, -0.25) is 19.6 Å². The number of amides is 2. The van der Waals surface area contributed by atoms with Crippen LogP contribution in [-0.2, 0) is 12.7 Å². The third-order valence-electron chi connectivity index (χ3n) is 5.73. The van der Waals surface area contributed by atoms with Crippen molar-refractivity contribution in [2.75, 3.05) is 5.32 Å². The molecule has 0 saturated heterocycles. The molecule has 0 aliphatic heterocycles.